The second-order valence-corrected chi connectivity index (χ2v) is 9.94. The highest BCUT2D eigenvalue weighted by Crippen LogP contribution is 2.40. The van der Waals surface area contributed by atoms with Crippen molar-refractivity contribution in [3.63, 3.8) is 0 Å². The van der Waals surface area contributed by atoms with Crippen molar-refractivity contribution in [1.29, 1.82) is 0 Å². The number of allylic oxidation sites excluding steroid dienone is 2. The molecule has 0 radical (unpaired) electrons. The Balaban J connectivity index is 1.34. The van der Waals surface area contributed by atoms with Crippen molar-refractivity contribution in [3.05, 3.63) is 113 Å². The summed E-state index contributed by atoms with van der Waals surface area (Å²) in [5.41, 5.74) is 7.77. The van der Waals surface area contributed by atoms with Crippen LogP contribution in [0.15, 0.2) is 99.8 Å². The van der Waals surface area contributed by atoms with Gasteiger partial charge in [0, 0.05) is 33.0 Å². The van der Waals surface area contributed by atoms with Crippen LogP contribution in [0.5, 0.6) is 17.2 Å². The van der Waals surface area contributed by atoms with Crippen LogP contribution in [0.2, 0.25) is 0 Å². The number of phenols is 1. The molecular formula is C36H30O4. The van der Waals surface area contributed by atoms with E-state index in [0.717, 1.165) is 66.8 Å². The molecule has 0 fully saturated rings. The van der Waals surface area contributed by atoms with Crippen LogP contribution in [0, 0.1) is 13.8 Å². The van der Waals surface area contributed by atoms with Crippen LogP contribution in [0.3, 0.4) is 0 Å². The number of furan rings is 2. The lowest BCUT2D eigenvalue weighted by atomic mass is 10.0. The minimum atomic E-state index is 0.0507. The van der Waals surface area contributed by atoms with Crippen LogP contribution in [0.4, 0.5) is 0 Å². The van der Waals surface area contributed by atoms with E-state index < -0.39 is 0 Å². The predicted octanol–water partition coefficient (Wildman–Crippen LogP) is 10.7. The van der Waals surface area contributed by atoms with Crippen molar-refractivity contribution in [2.75, 3.05) is 0 Å². The molecule has 0 saturated heterocycles. The molecule has 4 heteroatoms. The molecule has 0 saturated carbocycles. The third kappa shape index (κ3) is 4.58. The molecule has 0 aliphatic heterocycles. The first kappa shape index (κ1) is 25.3. The zero-order chi connectivity index (χ0) is 27.8. The molecule has 0 unspecified atom stereocenters. The van der Waals surface area contributed by atoms with Crippen LogP contribution in [0.1, 0.15) is 36.1 Å². The second-order valence-electron chi connectivity index (χ2n) is 9.94. The molecule has 0 aliphatic rings. The smallest absolute Gasteiger partial charge is 0.169 e. The largest absolute Gasteiger partial charge is 0.504 e. The van der Waals surface area contributed by atoms with Crippen LogP contribution in [-0.4, -0.2) is 5.11 Å². The molecule has 1 N–H and O–H groups in total. The molecule has 4 nitrogen and oxygen atoms in total. The minimum absolute atomic E-state index is 0.0507. The zero-order valence-electron chi connectivity index (χ0n) is 23.0. The maximum absolute atomic E-state index is 10.7. The summed E-state index contributed by atoms with van der Waals surface area (Å²) in [6.45, 7) is 8.13. The second kappa shape index (κ2) is 10.3. The average molecular weight is 527 g/mol. The number of hydrogen-bond donors (Lipinski definition) is 1. The van der Waals surface area contributed by atoms with E-state index >= 15 is 0 Å². The van der Waals surface area contributed by atoms with Gasteiger partial charge in [0.05, 0.1) is 0 Å². The summed E-state index contributed by atoms with van der Waals surface area (Å²) in [5.74, 6) is 2.54. The van der Waals surface area contributed by atoms with Gasteiger partial charge in [-0.15, -0.1) is 0 Å². The third-order valence-corrected chi connectivity index (χ3v) is 7.18. The summed E-state index contributed by atoms with van der Waals surface area (Å²) < 4.78 is 18.7. The van der Waals surface area contributed by atoms with E-state index in [2.05, 4.69) is 44.2 Å². The first-order chi connectivity index (χ1) is 19.4. The number of ether oxygens (including phenoxy) is 1. The summed E-state index contributed by atoms with van der Waals surface area (Å²) in [5, 5.41) is 12.8. The number of benzene rings is 4. The molecule has 6 rings (SSSR count). The molecule has 2 heterocycles. The van der Waals surface area contributed by atoms with Crippen LogP contribution >= 0.6 is 0 Å². The summed E-state index contributed by atoms with van der Waals surface area (Å²) in [4.78, 5) is 0. The van der Waals surface area contributed by atoms with E-state index in [1.54, 1.807) is 6.07 Å². The average Bonchev–Trinajstić information content (AvgIpc) is 3.47. The van der Waals surface area contributed by atoms with Crippen LogP contribution in [0.25, 0.3) is 56.7 Å². The van der Waals surface area contributed by atoms with Crippen molar-refractivity contribution in [3.8, 4) is 39.9 Å². The first-order valence-corrected chi connectivity index (χ1v) is 13.4. The van der Waals surface area contributed by atoms with Gasteiger partial charge in [0.15, 0.2) is 11.5 Å². The molecule has 0 bridgehead atoms. The van der Waals surface area contributed by atoms with Crippen molar-refractivity contribution in [1.82, 2.24) is 0 Å². The number of hydrogen-bond acceptors (Lipinski definition) is 4. The molecule has 0 aliphatic carbocycles. The van der Waals surface area contributed by atoms with E-state index in [9.17, 15) is 5.11 Å². The summed E-state index contributed by atoms with van der Waals surface area (Å²) in [6, 6.07) is 25.4. The highest BCUT2D eigenvalue weighted by atomic mass is 16.5. The van der Waals surface area contributed by atoms with Gasteiger partial charge in [0.2, 0.25) is 0 Å². The predicted molar refractivity (Wildman–Crippen MR) is 164 cm³/mol. The van der Waals surface area contributed by atoms with Crippen molar-refractivity contribution in [2.45, 2.75) is 27.7 Å². The Morgan fingerprint density at radius 1 is 0.650 bits per heavy atom. The highest BCUT2D eigenvalue weighted by molar-refractivity contribution is 5.90. The number of aryl methyl sites for hydroxylation is 2. The Morgan fingerprint density at radius 3 is 1.80 bits per heavy atom. The molecule has 40 heavy (non-hydrogen) atoms. The topological polar surface area (TPSA) is 55.7 Å². The number of phenolic OH excluding ortho intramolecular Hbond substituents is 1. The van der Waals surface area contributed by atoms with E-state index in [1.807, 2.05) is 80.6 Å². The highest BCUT2D eigenvalue weighted by Gasteiger charge is 2.17. The van der Waals surface area contributed by atoms with Crippen LogP contribution < -0.4 is 4.74 Å². The Hall–Kier alpha value is -4.96. The van der Waals surface area contributed by atoms with Crippen molar-refractivity contribution in [2.24, 2.45) is 0 Å². The van der Waals surface area contributed by atoms with E-state index in [1.165, 1.54) is 0 Å². The fraction of sp³-hybridized carbons (Fsp3) is 0.111. The van der Waals surface area contributed by atoms with Gasteiger partial charge in [0.25, 0.3) is 0 Å². The monoisotopic (exact) mass is 526 g/mol. The maximum atomic E-state index is 10.7. The molecule has 0 amide bonds. The van der Waals surface area contributed by atoms with E-state index in [0.29, 0.717) is 11.5 Å². The van der Waals surface area contributed by atoms with Gasteiger partial charge < -0.3 is 18.7 Å². The van der Waals surface area contributed by atoms with E-state index in [-0.39, 0.29) is 5.75 Å². The fourth-order valence-corrected chi connectivity index (χ4v) is 5.18. The maximum Gasteiger partial charge on any atom is 0.169 e. The molecule has 6 aromatic rings. The van der Waals surface area contributed by atoms with Gasteiger partial charge in [0.1, 0.15) is 28.4 Å². The Labute approximate surface area is 233 Å². The lowest BCUT2D eigenvalue weighted by Crippen LogP contribution is -1.88. The summed E-state index contributed by atoms with van der Waals surface area (Å²) >= 11 is 0. The normalized spacial score (nSPS) is 11.9. The number of aromatic hydroxyl groups is 1. The molecular weight excluding hydrogens is 496 g/mol. The van der Waals surface area contributed by atoms with Crippen molar-refractivity contribution < 1.29 is 18.7 Å². The van der Waals surface area contributed by atoms with Gasteiger partial charge in [-0.05, 0) is 93.4 Å². The Morgan fingerprint density at radius 2 is 1.23 bits per heavy atom. The van der Waals surface area contributed by atoms with Gasteiger partial charge in [-0.25, -0.2) is 0 Å². The van der Waals surface area contributed by atoms with Gasteiger partial charge in [-0.1, -0.05) is 48.6 Å². The molecule has 0 spiro atoms. The standard InChI is InChI=1S/C36H30O4/c1-5-8-24-12-16-32-29(18-24)22(3)35(39-32)26-10-7-11-28(20-26)38-34-21-27(14-15-31(34)37)36-23(4)30-19-25(9-6-2)13-17-33(30)40-36/h5-21,37H,1-4H3. The first-order valence-electron chi connectivity index (χ1n) is 13.4. The lowest BCUT2D eigenvalue weighted by molar-refractivity contribution is 0.411. The van der Waals surface area contributed by atoms with Gasteiger partial charge in [-0.3, -0.25) is 0 Å². The lowest BCUT2D eigenvalue weighted by Gasteiger charge is -2.10. The Kier molecular flexibility index (Phi) is 6.53. The fourth-order valence-electron chi connectivity index (χ4n) is 5.18. The van der Waals surface area contributed by atoms with Gasteiger partial charge in [-0.2, -0.15) is 0 Å². The van der Waals surface area contributed by atoms with Crippen molar-refractivity contribution >= 4 is 34.1 Å². The van der Waals surface area contributed by atoms with Crippen LogP contribution in [-0.2, 0) is 0 Å². The molecule has 4 aromatic carbocycles. The quantitative estimate of drug-likeness (QED) is 0.234. The molecule has 0 atom stereocenters. The minimum Gasteiger partial charge on any atom is -0.504 e. The third-order valence-electron chi connectivity index (χ3n) is 7.18. The summed E-state index contributed by atoms with van der Waals surface area (Å²) in [6.07, 6.45) is 8.19. The van der Waals surface area contributed by atoms with E-state index in [4.69, 9.17) is 13.6 Å². The molecule has 198 valence electrons. The number of fused-ring (bicyclic) bond motifs is 2. The van der Waals surface area contributed by atoms with Gasteiger partial charge >= 0.3 is 0 Å². The SMILES string of the molecule is CC=Cc1ccc2oc(-c3cccc(Oc4cc(-c5oc6ccc(C=CC)cc6c5C)ccc4O)c3)c(C)c2c1. The zero-order valence-corrected chi connectivity index (χ0v) is 23.0. The summed E-state index contributed by atoms with van der Waals surface area (Å²) in [7, 11) is 0. The molecule has 2 aromatic heterocycles. The number of rotatable bonds is 6. The Bertz CT molecular complexity index is 1930.